The van der Waals surface area contributed by atoms with Gasteiger partial charge in [0.25, 0.3) is 5.91 Å². The molecule has 0 saturated carbocycles. The van der Waals surface area contributed by atoms with E-state index >= 15 is 0 Å². The maximum atomic E-state index is 12.6. The molecular weight excluding hydrogens is 399 g/mol. The molecule has 0 unspecified atom stereocenters. The number of amides is 1. The van der Waals surface area contributed by atoms with Gasteiger partial charge in [-0.15, -0.1) is 0 Å². The van der Waals surface area contributed by atoms with Crippen LogP contribution in [0.4, 0.5) is 24.7 Å². The molecule has 2 aromatic rings. The van der Waals surface area contributed by atoms with Crippen molar-refractivity contribution in [2.75, 3.05) is 29.9 Å². The van der Waals surface area contributed by atoms with Crippen LogP contribution in [0.3, 0.4) is 0 Å². The lowest BCUT2D eigenvalue weighted by atomic mass is 9.97. The fourth-order valence-corrected chi connectivity index (χ4v) is 3.17. The molecule has 6 nitrogen and oxygen atoms in total. The normalized spacial score (nSPS) is 15.0. The SMILES string of the molecule is Cc1ccc(NC(=O)COC(=O)C2CCN(c3ccc(C(F)(F)F)cn3)CC2)cc1. The molecule has 1 fully saturated rings. The number of esters is 1. The Morgan fingerprint density at radius 1 is 1.13 bits per heavy atom. The lowest BCUT2D eigenvalue weighted by Gasteiger charge is -2.31. The molecule has 2 heterocycles. The van der Waals surface area contributed by atoms with E-state index in [2.05, 4.69) is 10.3 Å². The highest BCUT2D eigenvalue weighted by Crippen LogP contribution is 2.30. The highest BCUT2D eigenvalue weighted by molar-refractivity contribution is 5.92. The monoisotopic (exact) mass is 421 g/mol. The lowest BCUT2D eigenvalue weighted by molar-refractivity contribution is -0.152. The molecule has 0 aliphatic carbocycles. The molecule has 0 atom stereocenters. The topological polar surface area (TPSA) is 71.5 Å². The van der Waals surface area contributed by atoms with Crippen LogP contribution >= 0.6 is 0 Å². The number of ether oxygens (including phenoxy) is 1. The Morgan fingerprint density at radius 3 is 2.37 bits per heavy atom. The van der Waals surface area contributed by atoms with Crippen LogP contribution in [0.2, 0.25) is 0 Å². The van der Waals surface area contributed by atoms with E-state index < -0.39 is 23.6 Å². The second-order valence-electron chi connectivity index (χ2n) is 7.19. The third-order valence-electron chi connectivity index (χ3n) is 4.91. The molecule has 1 aromatic heterocycles. The van der Waals surface area contributed by atoms with Crippen molar-refractivity contribution in [1.82, 2.24) is 4.98 Å². The highest BCUT2D eigenvalue weighted by Gasteiger charge is 2.31. The van der Waals surface area contributed by atoms with Crippen LogP contribution in [0.5, 0.6) is 0 Å². The van der Waals surface area contributed by atoms with Crippen LogP contribution < -0.4 is 10.2 Å². The summed E-state index contributed by atoms with van der Waals surface area (Å²) in [5.41, 5.74) is 0.893. The molecule has 160 valence electrons. The van der Waals surface area contributed by atoms with E-state index in [0.717, 1.165) is 17.8 Å². The molecule has 1 aliphatic rings. The molecule has 1 amide bonds. The summed E-state index contributed by atoms with van der Waals surface area (Å²) in [6.45, 7) is 2.50. The number of alkyl halides is 3. The first-order valence-corrected chi connectivity index (χ1v) is 9.54. The van der Waals surface area contributed by atoms with E-state index in [1.54, 1.807) is 12.1 Å². The van der Waals surface area contributed by atoms with Gasteiger partial charge in [-0.1, -0.05) is 17.7 Å². The summed E-state index contributed by atoms with van der Waals surface area (Å²) in [6, 6.07) is 9.58. The van der Waals surface area contributed by atoms with Crippen molar-refractivity contribution >= 4 is 23.4 Å². The molecule has 3 rings (SSSR count). The fraction of sp³-hybridized carbons (Fsp3) is 0.381. The van der Waals surface area contributed by atoms with Crippen molar-refractivity contribution < 1.29 is 27.5 Å². The van der Waals surface area contributed by atoms with Crippen molar-refractivity contribution in [1.29, 1.82) is 0 Å². The molecule has 9 heteroatoms. The summed E-state index contributed by atoms with van der Waals surface area (Å²) in [6.07, 6.45) is -2.67. The molecule has 30 heavy (non-hydrogen) atoms. The number of pyridine rings is 1. The second-order valence-corrected chi connectivity index (χ2v) is 7.19. The lowest BCUT2D eigenvalue weighted by Crippen LogP contribution is -2.38. The zero-order chi connectivity index (χ0) is 21.7. The Labute approximate surface area is 172 Å². The number of aromatic nitrogens is 1. The van der Waals surface area contributed by atoms with Gasteiger partial charge in [-0.2, -0.15) is 13.2 Å². The largest absolute Gasteiger partial charge is 0.455 e. The maximum absolute atomic E-state index is 12.6. The molecule has 0 bridgehead atoms. The Balaban J connectivity index is 1.43. The Kier molecular flexibility index (Phi) is 6.59. The number of piperidine rings is 1. The van der Waals surface area contributed by atoms with Crippen LogP contribution in [-0.4, -0.2) is 36.6 Å². The third kappa shape index (κ3) is 5.71. The number of carbonyl (C=O) groups is 2. The Bertz CT molecular complexity index is 875. The predicted molar refractivity (Wildman–Crippen MR) is 105 cm³/mol. The van der Waals surface area contributed by atoms with Gasteiger partial charge in [0, 0.05) is 25.0 Å². The van der Waals surface area contributed by atoms with Gasteiger partial charge >= 0.3 is 12.1 Å². The van der Waals surface area contributed by atoms with E-state index in [-0.39, 0.29) is 12.5 Å². The summed E-state index contributed by atoms with van der Waals surface area (Å²) in [4.78, 5) is 29.9. The quantitative estimate of drug-likeness (QED) is 0.744. The van der Waals surface area contributed by atoms with Gasteiger partial charge < -0.3 is 15.0 Å². The van der Waals surface area contributed by atoms with Crippen molar-refractivity contribution in [3.63, 3.8) is 0 Å². The van der Waals surface area contributed by atoms with Crippen molar-refractivity contribution in [2.45, 2.75) is 25.9 Å². The number of benzene rings is 1. The fourth-order valence-electron chi connectivity index (χ4n) is 3.17. The number of hydrogen-bond donors (Lipinski definition) is 1. The molecule has 0 radical (unpaired) electrons. The summed E-state index contributed by atoms with van der Waals surface area (Å²) < 4.78 is 43.0. The number of rotatable bonds is 5. The Hall–Kier alpha value is -3.10. The van der Waals surface area contributed by atoms with Gasteiger partial charge in [-0.05, 0) is 44.0 Å². The van der Waals surface area contributed by atoms with Gasteiger partial charge in [0.15, 0.2) is 6.61 Å². The third-order valence-corrected chi connectivity index (χ3v) is 4.91. The van der Waals surface area contributed by atoms with E-state index in [1.165, 1.54) is 6.07 Å². The number of aryl methyl sites for hydroxylation is 1. The van der Waals surface area contributed by atoms with Crippen molar-refractivity contribution in [2.24, 2.45) is 5.92 Å². The van der Waals surface area contributed by atoms with Crippen molar-refractivity contribution in [3.05, 3.63) is 53.7 Å². The Morgan fingerprint density at radius 2 is 1.80 bits per heavy atom. The van der Waals surface area contributed by atoms with E-state index in [0.29, 0.717) is 37.4 Å². The standard InChI is InChI=1S/C21H22F3N3O3/c1-14-2-5-17(6-3-14)26-19(28)13-30-20(29)15-8-10-27(11-9-15)18-7-4-16(12-25-18)21(22,23)24/h2-7,12,15H,8-11,13H2,1H3,(H,26,28). The minimum Gasteiger partial charge on any atom is -0.455 e. The summed E-state index contributed by atoms with van der Waals surface area (Å²) in [5.74, 6) is -0.789. The van der Waals surface area contributed by atoms with Crippen LogP contribution in [0.25, 0.3) is 0 Å². The zero-order valence-corrected chi connectivity index (χ0v) is 16.4. The van der Waals surface area contributed by atoms with Gasteiger partial charge in [0.2, 0.25) is 0 Å². The van der Waals surface area contributed by atoms with Gasteiger partial charge in [0.05, 0.1) is 11.5 Å². The zero-order valence-electron chi connectivity index (χ0n) is 16.4. The number of hydrogen-bond acceptors (Lipinski definition) is 5. The molecular formula is C21H22F3N3O3. The molecule has 1 aromatic carbocycles. The van der Waals surface area contributed by atoms with Gasteiger partial charge in [-0.3, -0.25) is 9.59 Å². The van der Waals surface area contributed by atoms with Crippen LogP contribution in [0.15, 0.2) is 42.6 Å². The predicted octanol–water partition coefficient (Wildman–Crippen LogP) is 3.81. The van der Waals surface area contributed by atoms with Crippen LogP contribution in [0, 0.1) is 12.8 Å². The van der Waals surface area contributed by atoms with Gasteiger partial charge in [-0.25, -0.2) is 4.98 Å². The molecule has 1 saturated heterocycles. The van der Waals surface area contributed by atoms with Crippen LogP contribution in [-0.2, 0) is 20.5 Å². The molecule has 1 aliphatic heterocycles. The average Bonchev–Trinajstić information content (AvgIpc) is 2.73. The number of halogens is 3. The van der Waals surface area contributed by atoms with Gasteiger partial charge in [0.1, 0.15) is 5.82 Å². The van der Waals surface area contributed by atoms with E-state index in [9.17, 15) is 22.8 Å². The summed E-state index contributed by atoms with van der Waals surface area (Å²) in [7, 11) is 0. The summed E-state index contributed by atoms with van der Waals surface area (Å²) in [5, 5.41) is 2.66. The smallest absolute Gasteiger partial charge is 0.417 e. The average molecular weight is 421 g/mol. The molecule has 1 N–H and O–H groups in total. The number of nitrogens with zero attached hydrogens (tertiary/aromatic N) is 2. The summed E-state index contributed by atoms with van der Waals surface area (Å²) >= 11 is 0. The first kappa shape index (κ1) is 21.6. The van der Waals surface area contributed by atoms with E-state index in [1.807, 2.05) is 24.0 Å². The molecule has 0 spiro atoms. The number of anilines is 2. The maximum Gasteiger partial charge on any atom is 0.417 e. The minimum atomic E-state index is -4.42. The minimum absolute atomic E-state index is 0.358. The number of nitrogens with one attached hydrogen (secondary N) is 1. The highest BCUT2D eigenvalue weighted by atomic mass is 19.4. The first-order valence-electron chi connectivity index (χ1n) is 9.54. The van der Waals surface area contributed by atoms with Crippen LogP contribution in [0.1, 0.15) is 24.0 Å². The second kappa shape index (κ2) is 9.15. The number of carbonyl (C=O) groups excluding carboxylic acids is 2. The van der Waals surface area contributed by atoms with Crippen molar-refractivity contribution in [3.8, 4) is 0 Å². The first-order chi connectivity index (χ1) is 14.2. The van der Waals surface area contributed by atoms with E-state index in [4.69, 9.17) is 4.74 Å².